The SMILES string of the molecule is C=C1NCCOc2cc(C(C)CC)ccc21. The average molecular weight is 217 g/mol. The van der Waals surface area contributed by atoms with Crippen molar-refractivity contribution in [1.29, 1.82) is 0 Å². The highest BCUT2D eigenvalue weighted by Gasteiger charge is 2.13. The van der Waals surface area contributed by atoms with Gasteiger partial charge in [0.1, 0.15) is 12.4 Å². The van der Waals surface area contributed by atoms with Gasteiger partial charge in [-0.15, -0.1) is 0 Å². The molecule has 1 aromatic rings. The Bertz CT molecular complexity index is 398. The standard InChI is InChI=1S/C14H19NO/c1-4-10(2)12-5-6-13-11(3)15-7-8-16-14(13)9-12/h5-6,9-10,15H,3-4,7-8H2,1-2H3. The van der Waals surface area contributed by atoms with Gasteiger partial charge in [0.2, 0.25) is 0 Å². The molecule has 86 valence electrons. The molecule has 16 heavy (non-hydrogen) atoms. The van der Waals surface area contributed by atoms with Gasteiger partial charge in [-0.3, -0.25) is 0 Å². The van der Waals surface area contributed by atoms with Gasteiger partial charge in [0.15, 0.2) is 0 Å². The van der Waals surface area contributed by atoms with Gasteiger partial charge in [0.25, 0.3) is 0 Å². The van der Waals surface area contributed by atoms with E-state index in [9.17, 15) is 0 Å². The topological polar surface area (TPSA) is 21.3 Å². The monoisotopic (exact) mass is 217 g/mol. The summed E-state index contributed by atoms with van der Waals surface area (Å²) in [5.74, 6) is 1.55. The Kier molecular flexibility index (Phi) is 3.18. The molecule has 1 heterocycles. The van der Waals surface area contributed by atoms with E-state index in [1.165, 1.54) is 5.56 Å². The Morgan fingerprint density at radius 3 is 3.06 bits per heavy atom. The fourth-order valence-electron chi connectivity index (χ4n) is 1.91. The molecule has 0 aliphatic carbocycles. The minimum Gasteiger partial charge on any atom is -0.491 e. The maximum absolute atomic E-state index is 5.73. The van der Waals surface area contributed by atoms with E-state index < -0.39 is 0 Å². The molecule has 2 nitrogen and oxygen atoms in total. The Morgan fingerprint density at radius 1 is 1.50 bits per heavy atom. The van der Waals surface area contributed by atoms with Crippen molar-refractivity contribution in [1.82, 2.24) is 5.32 Å². The molecule has 1 aliphatic rings. The predicted molar refractivity (Wildman–Crippen MR) is 67.7 cm³/mol. The Balaban J connectivity index is 2.37. The lowest BCUT2D eigenvalue weighted by atomic mass is 9.96. The molecular weight excluding hydrogens is 198 g/mol. The summed E-state index contributed by atoms with van der Waals surface area (Å²) in [6.07, 6.45) is 1.15. The van der Waals surface area contributed by atoms with E-state index in [1.54, 1.807) is 0 Å². The van der Waals surface area contributed by atoms with Crippen molar-refractivity contribution in [2.45, 2.75) is 26.2 Å². The van der Waals surface area contributed by atoms with Crippen molar-refractivity contribution in [3.63, 3.8) is 0 Å². The van der Waals surface area contributed by atoms with E-state index in [2.05, 4.69) is 43.9 Å². The van der Waals surface area contributed by atoms with Crippen LogP contribution in [-0.2, 0) is 0 Å². The van der Waals surface area contributed by atoms with Crippen LogP contribution in [0.4, 0.5) is 0 Å². The lowest BCUT2D eigenvalue weighted by molar-refractivity contribution is 0.326. The van der Waals surface area contributed by atoms with Crippen molar-refractivity contribution >= 4 is 5.70 Å². The number of ether oxygens (including phenoxy) is 1. The van der Waals surface area contributed by atoms with Gasteiger partial charge in [0.05, 0.1) is 0 Å². The van der Waals surface area contributed by atoms with Crippen LogP contribution in [0.1, 0.15) is 37.3 Å². The highest BCUT2D eigenvalue weighted by atomic mass is 16.5. The average Bonchev–Trinajstić information content (AvgIpc) is 2.50. The number of rotatable bonds is 2. The van der Waals surface area contributed by atoms with Gasteiger partial charge < -0.3 is 10.1 Å². The minimum absolute atomic E-state index is 0.582. The number of fused-ring (bicyclic) bond motifs is 1. The Hall–Kier alpha value is -1.44. The smallest absolute Gasteiger partial charge is 0.128 e. The lowest BCUT2D eigenvalue weighted by Crippen LogP contribution is -2.14. The molecule has 1 unspecified atom stereocenters. The number of nitrogens with one attached hydrogen (secondary N) is 1. The van der Waals surface area contributed by atoms with Crippen molar-refractivity contribution in [3.8, 4) is 5.75 Å². The molecule has 1 N–H and O–H groups in total. The van der Waals surface area contributed by atoms with Gasteiger partial charge in [-0.25, -0.2) is 0 Å². The van der Waals surface area contributed by atoms with Crippen molar-refractivity contribution in [2.24, 2.45) is 0 Å². The fourth-order valence-corrected chi connectivity index (χ4v) is 1.91. The van der Waals surface area contributed by atoms with Crippen LogP contribution in [0.25, 0.3) is 5.70 Å². The van der Waals surface area contributed by atoms with E-state index in [1.807, 2.05) is 0 Å². The molecular formula is C14H19NO. The largest absolute Gasteiger partial charge is 0.491 e. The molecule has 1 aromatic carbocycles. The number of hydrogen-bond donors (Lipinski definition) is 1. The maximum Gasteiger partial charge on any atom is 0.128 e. The maximum atomic E-state index is 5.73. The first kappa shape index (κ1) is 11.1. The normalized spacial score (nSPS) is 16.8. The molecule has 0 saturated carbocycles. The molecule has 2 rings (SSSR count). The summed E-state index contributed by atoms with van der Waals surface area (Å²) in [6, 6.07) is 6.44. The van der Waals surface area contributed by atoms with Crippen LogP contribution in [0.15, 0.2) is 24.8 Å². The molecule has 1 atom stereocenters. The number of hydrogen-bond acceptors (Lipinski definition) is 2. The first-order chi connectivity index (χ1) is 7.72. The summed E-state index contributed by atoms with van der Waals surface area (Å²) in [5.41, 5.74) is 3.39. The first-order valence-corrected chi connectivity index (χ1v) is 5.92. The van der Waals surface area contributed by atoms with E-state index >= 15 is 0 Å². The van der Waals surface area contributed by atoms with Gasteiger partial charge in [-0.1, -0.05) is 26.5 Å². The molecule has 0 amide bonds. The zero-order chi connectivity index (χ0) is 11.5. The highest BCUT2D eigenvalue weighted by Crippen LogP contribution is 2.30. The summed E-state index contributed by atoms with van der Waals surface area (Å²) < 4.78 is 5.73. The van der Waals surface area contributed by atoms with Crippen LogP contribution in [0.2, 0.25) is 0 Å². The van der Waals surface area contributed by atoms with E-state index in [0.717, 1.165) is 30.0 Å². The summed E-state index contributed by atoms with van der Waals surface area (Å²) in [5, 5.41) is 3.24. The van der Waals surface area contributed by atoms with Crippen molar-refractivity contribution in [3.05, 3.63) is 35.9 Å². The lowest BCUT2D eigenvalue weighted by Gasteiger charge is -2.13. The molecule has 1 aliphatic heterocycles. The summed E-state index contributed by atoms with van der Waals surface area (Å²) in [7, 11) is 0. The van der Waals surface area contributed by atoms with Gasteiger partial charge in [-0.05, 0) is 30.0 Å². The molecule has 0 spiro atoms. The first-order valence-electron chi connectivity index (χ1n) is 5.92. The summed E-state index contributed by atoms with van der Waals surface area (Å²) in [4.78, 5) is 0. The predicted octanol–water partition coefficient (Wildman–Crippen LogP) is 3.15. The molecule has 2 heteroatoms. The summed E-state index contributed by atoms with van der Waals surface area (Å²) >= 11 is 0. The van der Waals surface area contributed by atoms with Gasteiger partial charge in [0, 0.05) is 17.8 Å². The number of benzene rings is 1. The fraction of sp³-hybridized carbons (Fsp3) is 0.429. The second-order valence-corrected chi connectivity index (χ2v) is 4.32. The summed E-state index contributed by atoms with van der Waals surface area (Å²) in [6.45, 7) is 10.00. The third kappa shape index (κ3) is 2.06. The molecule has 0 bridgehead atoms. The van der Waals surface area contributed by atoms with Crippen LogP contribution in [-0.4, -0.2) is 13.2 Å². The quantitative estimate of drug-likeness (QED) is 0.821. The van der Waals surface area contributed by atoms with E-state index in [4.69, 9.17) is 4.74 Å². The molecule has 0 saturated heterocycles. The van der Waals surface area contributed by atoms with Crippen LogP contribution >= 0.6 is 0 Å². The zero-order valence-electron chi connectivity index (χ0n) is 10.0. The van der Waals surface area contributed by atoms with Crippen LogP contribution in [0.3, 0.4) is 0 Å². The second-order valence-electron chi connectivity index (χ2n) is 4.32. The van der Waals surface area contributed by atoms with E-state index in [0.29, 0.717) is 12.5 Å². The minimum atomic E-state index is 0.582. The second kappa shape index (κ2) is 4.60. The van der Waals surface area contributed by atoms with Gasteiger partial charge >= 0.3 is 0 Å². The van der Waals surface area contributed by atoms with Gasteiger partial charge in [-0.2, -0.15) is 0 Å². The van der Waals surface area contributed by atoms with Crippen LogP contribution in [0, 0.1) is 0 Å². The Labute approximate surface area is 97.3 Å². The Morgan fingerprint density at radius 2 is 2.31 bits per heavy atom. The van der Waals surface area contributed by atoms with Crippen molar-refractivity contribution < 1.29 is 4.74 Å². The molecule has 0 fully saturated rings. The van der Waals surface area contributed by atoms with Crippen LogP contribution < -0.4 is 10.1 Å². The third-order valence-corrected chi connectivity index (χ3v) is 3.21. The third-order valence-electron chi connectivity index (χ3n) is 3.21. The van der Waals surface area contributed by atoms with Crippen LogP contribution in [0.5, 0.6) is 5.75 Å². The zero-order valence-corrected chi connectivity index (χ0v) is 10.0. The van der Waals surface area contributed by atoms with Crippen molar-refractivity contribution in [2.75, 3.05) is 13.2 Å². The molecule has 0 aromatic heterocycles. The van der Waals surface area contributed by atoms with E-state index in [-0.39, 0.29) is 0 Å². The molecule has 0 radical (unpaired) electrons. The highest BCUT2D eigenvalue weighted by molar-refractivity contribution is 5.68.